The molecule has 1 aromatic heterocycles. The SMILES string of the molecule is O[C@H](COC(c1ccc(F)cc1)c1ccc(F)cc1)Cn1cnc2cc(F)c(F)cc21. The lowest BCUT2D eigenvalue weighted by Crippen LogP contribution is -2.23. The van der Waals surface area contributed by atoms with Crippen LogP contribution in [0.4, 0.5) is 17.6 Å². The maximum absolute atomic E-state index is 13.6. The summed E-state index contributed by atoms with van der Waals surface area (Å²) in [5, 5.41) is 10.5. The zero-order valence-corrected chi connectivity index (χ0v) is 16.2. The third-order valence-electron chi connectivity index (χ3n) is 4.87. The quantitative estimate of drug-likeness (QED) is 0.430. The Kier molecular flexibility index (Phi) is 6.01. The second-order valence-electron chi connectivity index (χ2n) is 7.12. The molecule has 0 bridgehead atoms. The van der Waals surface area contributed by atoms with E-state index in [1.165, 1.54) is 35.2 Å². The first-order valence-electron chi connectivity index (χ1n) is 9.51. The van der Waals surface area contributed by atoms with Gasteiger partial charge in [0.25, 0.3) is 0 Å². The Hall–Kier alpha value is -3.23. The van der Waals surface area contributed by atoms with E-state index in [1.807, 2.05) is 0 Å². The highest BCUT2D eigenvalue weighted by atomic mass is 19.2. The van der Waals surface area contributed by atoms with Crippen molar-refractivity contribution in [2.45, 2.75) is 18.8 Å². The van der Waals surface area contributed by atoms with Gasteiger partial charge in [0.15, 0.2) is 11.6 Å². The van der Waals surface area contributed by atoms with E-state index < -0.39 is 35.5 Å². The number of hydrogen-bond donors (Lipinski definition) is 1. The fraction of sp³-hybridized carbons (Fsp3) is 0.174. The zero-order valence-electron chi connectivity index (χ0n) is 16.2. The first-order valence-corrected chi connectivity index (χ1v) is 9.51. The molecule has 1 heterocycles. The largest absolute Gasteiger partial charge is 0.389 e. The Morgan fingerprint density at radius 2 is 1.39 bits per heavy atom. The van der Waals surface area contributed by atoms with Gasteiger partial charge in [-0.1, -0.05) is 24.3 Å². The van der Waals surface area contributed by atoms with E-state index >= 15 is 0 Å². The zero-order chi connectivity index (χ0) is 22.0. The Labute approximate surface area is 175 Å². The van der Waals surface area contributed by atoms with Gasteiger partial charge in [-0.2, -0.15) is 0 Å². The van der Waals surface area contributed by atoms with Crippen molar-refractivity contribution >= 4 is 11.0 Å². The Balaban J connectivity index is 1.51. The van der Waals surface area contributed by atoms with Crippen molar-refractivity contribution in [2.75, 3.05) is 6.61 Å². The Bertz CT molecular complexity index is 1130. The molecular weight excluding hydrogens is 412 g/mol. The van der Waals surface area contributed by atoms with Gasteiger partial charge in [-0.3, -0.25) is 0 Å². The molecule has 160 valence electrons. The summed E-state index contributed by atoms with van der Waals surface area (Å²) in [6.07, 6.45) is -0.291. The number of aliphatic hydroxyl groups excluding tert-OH is 1. The van der Waals surface area contributed by atoms with Crippen LogP contribution >= 0.6 is 0 Å². The summed E-state index contributed by atoms with van der Waals surface area (Å²) in [6, 6.07) is 13.4. The monoisotopic (exact) mass is 430 g/mol. The molecule has 4 aromatic rings. The summed E-state index contributed by atoms with van der Waals surface area (Å²) >= 11 is 0. The first kappa shape index (κ1) is 21.0. The van der Waals surface area contributed by atoms with Crippen LogP contribution in [-0.2, 0) is 11.3 Å². The van der Waals surface area contributed by atoms with Crippen LogP contribution in [0, 0.1) is 23.3 Å². The second-order valence-corrected chi connectivity index (χ2v) is 7.12. The molecule has 0 aliphatic rings. The lowest BCUT2D eigenvalue weighted by molar-refractivity contribution is -0.000203. The van der Waals surface area contributed by atoms with E-state index in [0.29, 0.717) is 16.6 Å². The molecule has 0 amide bonds. The van der Waals surface area contributed by atoms with Crippen molar-refractivity contribution in [3.63, 3.8) is 0 Å². The number of rotatable bonds is 7. The number of fused-ring (bicyclic) bond motifs is 1. The number of halogens is 4. The smallest absolute Gasteiger partial charge is 0.161 e. The molecule has 31 heavy (non-hydrogen) atoms. The summed E-state index contributed by atoms with van der Waals surface area (Å²) in [5.41, 5.74) is 1.87. The summed E-state index contributed by atoms with van der Waals surface area (Å²) < 4.78 is 61.0. The maximum atomic E-state index is 13.6. The van der Waals surface area contributed by atoms with Gasteiger partial charge in [-0.25, -0.2) is 22.5 Å². The van der Waals surface area contributed by atoms with E-state index in [0.717, 1.165) is 12.1 Å². The first-order chi connectivity index (χ1) is 14.9. The van der Waals surface area contributed by atoms with Crippen LogP contribution in [0.25, 0.3) is 11.0 Å². The molecule has 0 radical (unpaired) electrons. The summed E-state index contributed by atoms with van der Waals surface area (Å²) in [4.78, 5) is 4.01. The molecule has 4 rings (SSSR count). The number of hydrogen-bond acceptors (Lipinski definition) is 3. The number of benzene rings is 3. The van der Waals surface area contributed by atoms with Gasteiger partial charge in [0.1, 0.15) is 17.7 Å². The van der Waals surface area contributed by atoms with E-state index in [9.17, 15) is 22.7 Å². The molecule has 1 N–H and O–H groups in total. The van der Waals surface area contributed by atoms with Gasteiger partial charge in [0.05, 0.1) is 36.6 Å². The molecule has 0 saturated carbocycles. The summed E-state index contributed by atoms with van der Waals surface area (Å²) in [6.45, 7) is -0.0934. The van der Waals surface area contributed by atoms with Crippen LogP contribution in [0.5, 0.6) is 0 Å². The molecule has 0 spiro atoms. The van der Waals surface area contributed by atoms with Crippen molar-refractivity contribution in [3.05, 3.63) is 101 Å². The highest BCUT2D eigenvalue weighted by Gasteiger charge is 2.18. The lowest BCUT2D eigenvalue weighted by atomic mass is 10.0. The van der Waals surface area contributed by atoms with Crippen molar-refractivity contribution in [2.24, 2.45) is 0 Å². The molecule has 3 aromatic carbocycles. The van der Waals surface area contributed by atoms with Crippen LogP contribution in [-0.4, -0.2) is 27.4 Å². The standard InChI is InChI=1S/C23H18F4N2O2/c24-16-5-1-14(2-6-16)23(15-3-7-17(25)8-4-15)31-12-18(30)11-29-13-28-21-9-19(26)20(27)10-22(21)29/h1-10,13,18,23,30H,11-12H2/t18-/m0/s1. The number of aromatic nitrogens is 2. The third-order valence-corrected chi connectivity index (χ3v) is 4.87. The number of imidazole rings is 1. The average Bonchev–Trinajstić information content (AvgIpc) is 3.12. The Morgan fingerprint density at radius 3 is 1.97 bits per heavy atom. The van der Waals surface area contributed by atoms with Gasteiger partial charge in [0, 0.05) is 12.1 Å². The third kappa shape index (κ3) is 4.76. The highest BCUT2D eigenvalue weighted by Crippen LogP contribution is 2.27. The van der Waals surface area contributed by atoms with Crippen LogP contribution in [0.2, 0.25) is 0 Å². The highest BCUT2D eigenvalue weighted by molar-refractivity contribution is 5.75. The molecular formula is C23H18F4N2O2. The van der Waals surface area contributed by atoms with Crippen molar-refractivity contribution < 1.29 is 27.4 Å². The van der Waals surface area contributed by atoms with E-state index in [4.69, 9.17) is 4.74 Å². The molecule has 4 nitrogen and oxygen atoms in total. The van der Waals surface area contributed by atoms with Crippen LogP contribution in [0.1, 0.15) is 17.2 Å². The second kappa shape index (κ2) is 8.87. The minimum atomic E-state index is -1.01. The van der Waals surface area contributed by atoms with Crippen LogP contribution < -0.4 is 0 Å². The van der Waals surface area contributed by atoms with Gasteiger partial charge >= 0.3 is 0 Å². The molecule has 1 atom stereocenters. The van der Waals surface area contributed by atoms with Crippen LogP contribution in [0.15, 0.2) is 67.0 Å². The molecule has 0 aliphatic heterocycles. The van der Waals surface area contributed by atoms with Crippen molar-refractivity contribution in [3.8, 4) is 0 Å². The van der Waals surface area contributed by atoms with Crippen molar-refractivity contribution in [1.82, 2.24) is 9.55 Å². The predicted molar refractivity (Wildman–Crippen MR) is 106 cm³/mol. The number of aliphatic hydroxyl groups is 1. The van der Waals surface area contributed by atoms with E-state index in [2.05, 4.69) is 4.98 Å². The van der Waals surface area contributed by atoms with Gasteiger partial charge < -0.3 is 14.4 Å². The Morgan fingerprint density at radius 1 is 0.839 bits per heavy atom. The fourth-order valence-corrected chi connectivity index (χ4v) is 3.35. The predicted octanol–water partition coefficient (Wildman–Crippen LogP) is 4.76. The van der Waals surface area contributed by atoms with Gasteiger partial charge in [-0.15, -0.1) is 0 Å². The van der Waals surface area contributed by atoms with E-state index in [1.54, 1.807) is 24.3 Å². The van der Waals surface area contributed by atoms with Crippen LogP contribution in [0.3, 0.4) is 0 Å². The molecule has 0 aliphatic carbocycles. The van der Waals surface area contributed by atoms with Crippen molar-refractivity contribution in [1.29, 1.82) is 0 Å². The lowest BCUT2D eigenvalue weighted by Gasteiger charge is -2.21. The number of nitrogens with zero attached hydrogens (tertiary/aromatic N) is 2. The maximum Gasteiger partial charge on any atom is 0.161 e. The topological polar surface area (TPSA) is 47.3 Å². The summed E-state index contributed by atoms with van der Waals surface area (Å²) in [5.74, 6) is -2.81. The van der Waals surface area contributed by atoms with E-state index in [-0.39, 0.29) is 18.7 Å². The van der Waals surface area contributed by atoms with Gasteiger partial charge in [-0.05, 0) is 35.4 Å². The molecule has 0 saturated heterocycles. The minimum Gasteiger partial charge on any atom is -0.389 e. The summed E-state index contributed by atoms with van der Waals surface area (Å²) in [7, 11) is 0. The normalized spacial score (nSPS) is 12.6. The molecule has 8 heteroatoms. The average molecular weight is 430 g/mol. The fourth-order valence-electron chi connectivity index (χ4n) is 3.35. The molecule has 0 fully saturated rings. The number of ether oxygens (including phenoxy) is 1. The van der Waals surface area contributed by atoms with Gasteiger partial charge in [0.2, 0.25) is 0 Å². The molecule has 0 unspecified atom stereocenters. The minimum absolute atomic E-state index is 0.0289.